The third-order valence-corrected chi connectivity index (χ3v) is 4.27. The highest BCUT2D eigenvalue weighted by Gasteiger charge is 2.16. The Labute approximate surface area is 146 Å². The molecule has 0 fully saturated rings. The van der Waals surface area contributed by atoms with Crippen molar-refractivity contribution < 1.29 is 23.1 Å². The van der Waals surface area contributed by atoms with Crippen molar-refractivity contribution in [2.75, 3.05) is 12.4 Å². The molecule has 0 saturated heterocycles. The number of esters is 1. The molecule has 0 atom stereocenters. The summed E-state index contributed by atoms with van der Waals surface area (Å²) < 4.78 is 29.9. The second-order valence-electron chi connectivity index (χ2n) is 4.52. The van der Waals surface area contributed by atoms with Crippen LogP contribution in [0.15, 0.2) is 47.4 Å². The zero-order chi connectivity index (χ0) is 17.7. The van der Waals surface area contributed by atoms with Gasteiger partial charge in [-0.1, -0.05) is 29.4 Å². The second-order valence-corrected chi connectivity index (χ2v) is 5.93. The fourth-order valence-electron chi connectivity index (χ4n) is 1.89. The van der Waals surface area contributed by atoms with Gasteiger partial charge in [0.25, 0.3) is 11.7 Å². The van der Waals surface area contributed by atoms with Crippen LogP contribution in [0.2, 0.25) is 5.02 Å². The van der Waals surface area contributed by atoms with Crippen molar-refractivity contribution in [2.24, 2.45) is 0 Å². The molecule has 0 aliphatic rings. The van der Waals surface area contributed by atoms with Crippen LogP contribution in [-0.2, 0) is 4.74 Å². The number of hydrogen-bond acceptors (Lipinski definition) is 4. The Hall–Kier alpha value is -2.12. The van der Waals surface area contributed by atoms with Gasteiger partial charge in [0.2, 0.25) is 0 Å². The van der Waals surface area contributed by atoms with Crippen molar-refractivity contribution in [2.45, 2.75) is 10.7 Å². The number of thioether (sulfide) groups is 1. The minimum Gasteiger partial charge on any atom is -0.465 e. The number of amides is 1. The number of methoxy groups -OCH3 is 1. The first kappa shape index (κ1) is 18.2. The van der Waals surface area contributed by atoms with Gasteiger partial charge in [-0.25, -0.2) is 4.79 Å². The summed E-state index contributed by atoms with van der Waals surface area (Å²) in [5.41, 5.74) is 0.747. The summed E-state index contributed by atoms with van der Waals surface area (Å²) in [6.07, 6.45) is 0. The largest absolute Gasteiger partial charge is 0.465 e. The zero-order valence-electron chi connectivity index (χ0n) is 12.4. The Kier molecular flexibility index (Phi) is 6.16. The molecule has 1 N–H and O–H groups in total. The van der Waals surface area contributed by atoms with Gasteiger partial charge in [0.1, 0.15) is 0 Å². The van der Waals surface area contributed by atoms with Crippen LogP contribution in [0.3, 0.4) is 0 Å². The number of ether oxygens (including phenoxy) is 1. The van der Waals surface area contributed by atoms with Crippen LogP contribution in [-0.4, -0.2) is 24.7 Å². The maximum absolute atomic E-state index is 12.6. The number of carbonyl (C=O) groups is 2. The molecular weight excluding hydrogens is 360 g/mol. The molecule has 0 heterocycles. The topological polar surface area (TPSA) is 55.4 Å². The summed E-state index contributed by atoms with van der Waals surface area (Å²) in [5.74, 6) is -3.70. The zero-order valence-corrected chi connectivity index (χ0v) is 14.0. The highest BCUT2D eigenvalue weighted by Crippen LogP contribution is 2.37. The van der Waals surface area contributed by atoms with Gasteiger partial charge >= 0.3 is 5.97 Å². The number of anilines is 1. The predicted octanol–water partition coefficient (Wildman–Crippen LogP) is 4.69. The van der Waals surface area contributed by atoms with E-state index >= 15 is 0 Å². The first-order valence-corrected chi connectivity index (χ1v) is 7.91. The fraction of sp³-hybridized carbons (Fsp3) is 0.125. The van der Waals surface area contributed by atoms with Crippen LogP contribution in [0.1, 0.15) is 20.7 Å². The van der Waals surface area contributed by atoms with Gasteiger partial charge in [-0.3, -0.25) is 4.79 Å². The summed E-state index contributed by atoms with van der Waals surface area (Å²) in [6, 6.07) is 10.2. The third kappa shape index (κ3) is 4.46. The highest BCUT2D eigenvalue weighted by atomic mass is 35.5. The summed E-state index contributed by atoms with van der Waals surface area (Å²) in [4.78, 5) is 23.7. The lowest BCUT2D eigenvalue weighted by atomic mass is 10.1. The van der Waals surface area contributed by atoms with Crippen LogP contribution in [0.25, 0.3) is 0 Å². The van der Waals surface area contributed by atoms with E-state index in [1.807, 2.05) is 0 Å². The lowest BCUT2D eigenvalue weighted by Gasteiger charge is -2.12. The Morgan fingerprint density at radius 1 is 1.12 bits per heavy atom. The van der Waals surface area contributed by atoms with Crippen LogP contribution >= 0.6 is 23.4 Å². The minimum absolute atomic E-state index is 0.0914. The molecule has 0 aromatic heterocycles. The minimum atomic E-state index is -2.67. The summed E-state index contributed by atoms with van der Waals surface area (Å²) >= 11 is 6.17. The maximum Gasteiger partial charge on any atom is 0.337 e. The van der Waals surface area contributed by atoms with E-state index < -0.39 is 17.6 Å². The van der Waals surface area contributed by atoms with E-state index in [0.717, 1.165) is 0 Å². The van der Waals surface area contributed by atoms with Gasteiger partial charge in [0.15, 0.2) is 0 Å². The molecule has 0 saturated carbocycles. The molecule has 0 aliphatic carbocycles. The molecule has 0 aliphatic heterocycles. The van der Waals surface area contributed by atoms with E-state index in [-0.39, 0.29) is 32.9 Å². The molecule has 4 nitrogen and oxygen atoms in total. The number of rotatable bonds is 5. The van der Waals surface area contributed by atoms with E-state index in [1.165, 1.54) is 43.5 Å². The molecule has 0 radical (unpaired) electrons. The van der Waals surface area contributed by atoms with Crippen LogP contribution in [0.4, 0.5) is 14.5 Å². The standard InChI is InChI=1S/C16H12ClF2NO3S/c1-23-15(22)10-7-5-9(6-8-10)14(21)20-12-4-2-3-11(17)13(12)24-16(18)19/h2-8,16H,1H3,(H,20,21). The average molecular weight is 372 g/mol. The maximum atomic E-state index is 12.6. The van der Waals surface area contributed by atoms with Crippen molar-refractivity contribution in [1.82, 2.24) is 0 Å². The van der Waals surface area contributed by atoms with Crippen LogP contribution in [0, 0.1) is 0 Å². The van der Waals surface area contributed by atoms with E-state index in [2.05, 4.69) is 10.1 Å². The first-order chi connectivity index (χ1) is 11.4. The number of carbonyl (C=O) groups excluding carboxylic acids is 2. The fourth-order valence-corrected chi connectivity index (χ4v) is 2.80. The number of benzene rings is 2. The monoisotopic (exact) mass is 371 g/mol. The molecule has 1 amide bonds. The summed E-state index contributed by atoms with van der Waals surface area (Å²) in [6.45, 7) is 0. The smallest absolute Gasteiger partial charge is 0.337 e. The SMILES string of the molecule is COC(=O)c1ccc(C(=O)Nc2cccc(Cl)c2SC(F)F)cc1. The van der Waals surface area contributed by atoms with Gasteiger partial charge in [-0.2, -0.15) is 8.78 Å². The van der Waals surface area contributed by atoms with Crippen molar-refractivity contribution in [3.63, 3.8) is 0 Å². The van der Waals surface area contributed by atoms with Crippen molar-refractivity contribution in [3.05, 3.63) is 58.6 Å². The van der Waals surface area contributed by atoms with E-state index in [0.29, 0.717) is 5.56 Å². The molecular formula is C16H12ClF2NO3S. The molecule has 24 heavy (non-hydrogen) atoms. The molecule has 8 heteroatoms. The quantitative estimate of drug-likeness (QED) is 0.611. The Bertz CT molecular complexity index is 753. The Morgan fingerprint density at radius 3 is 2.33 bits per heavy atom. The summed E-state index contributed by atoms with van der Waals surface area (Å²) in [5, 5.41) is 2.67. The van der Waals surface area contributed by atoms with Gasteiger partial charge < -0.3 is 10.1 Å². The normalized spacial score (nSPS) is 10.5. The lowest BCUT2D eigenvalue weighted by Crippen LogP contribution is -2.13. The number of alkyl halides is 2. The number of halogens is 3. The van der Waals surface area contributed by atoms with Gasteiger partial charge in [-0.05, 0) is 36.4 Å². The Balaban J connectivity index is 2.21. The molecule has 2 aromatic carbocycles. The second kappa shape index (κ2) is 8.12. The van der Waals surface area contributed by atoms with E-state index in [4.69, 9.17) is 11.6 Å². The highest BCUT2D eigenvalue weighted by molar-refractivity contribution is 7.99. The van der Waals surface area contributed by atoms with Crippen LogP contribution in [0.5, 0.6) is 0 Å². The molecule has 126 valence electrons. The van der Waals surface area contributed by atoms with Gasteiger partial charge in [0.05, 0.1) is 28.3 Å². The van der Waals surface area contributed by atoms with Crippen molar-refractivity contribution in [1.29, 1.82) is 0 Å². The molecule has 0 spiro atoms. The third-order valence-electron chi connectivity index (χ3n) is 2.99. The predicted molar refractivity (Wildman–Crippen MR) is 89.0 cm³/mol. The number of hydrogen-bond donors (Lipinski definition) is 1. The Morgan fingerprint density at radius 2 is 1.75 bits per heavy atom. The number of nitrogens with one attached hydrogen (secondary N) is 1. The van der Waals surface area contributed by atoms with E-state index in [9.17, 15) is 18.4 Å². The van der Waals surface area contributed by atoms with Crippen molar-refractivity contribution >= 4 is 40.9 Å². The van der Waals surface area contributed by atoms with Gasteiger partial charge in [0, 0.05) is 5.56 Å². The average Bonchev–Trinajstić information content (AvgIpc) is 2.57. The molecule has 0 bridgehead atoms. The van der Waals surface area contributed by atoms with Crippen LogP contribution < -0.4 is 5.32 Å². The van der Waals surface area contributed by atoms with E-state index in [1.54, 1.807) is 6.07 Å². The molecule has 0 unspecified atom stereocenters. The lowest BCUT2D eigenvalue weighted by molar-refractivity contribution is 0.0600. The molecule has 2 rings (SSSR count). The van der Waals surface area contributed by atoms with Gasteiger partial charge in [-0.15, -0.1) is 0 Å². The van der Waals surface area contributed by atoms with Crippen molar-refractivity contribution in [3.8, 4) is 0 Å². The first-order valence-electron chi connectivity index (χ1n) is 6.65. The summed E-state index contributed by atoms with van der Waals surface area (Å²) in [7, 11) is 1.25. The molecule has 2 aromatic rings.